The number of carbonyl (C=O) groups excluding carboxylic acids is 1. The third kappa shape index (κ3) is 3.16. The molecule has 20 heavy (non-hydrogen) atoms. The van der Waals surface area contributed by atoms with Crippen LogP contribution in [0.1, 0.15) is 30.9 Å². The van der Waals surface area contributed by atoms with E-state index in [4.69, 9.17) is 11.6 Å². The highest BCUT2D eigenvalue weighted by molar-refractivity contribution is 6.31. The Morgan fingerprint density at radius 1 is 1.55 bits per heavy atom. The molecule has 2 rings (SSSR count). The molecular weight excluding hydrogens is 280 g/mol. The van der Waals surface area contributed by atoms with E-state index >= 15 is 0 Å². The van der Waals surface area contributed by atoms with E-state index in [0.717, 1.165) is 12.2 Å². The molecule has 1 amide bonds. The molecule has 108 valence electrons. The van der Waals surface area contributed by atoms with Crippen LogP contribution in [0.5, 0.6) is 0 Å². The van der Waals surface area contributed by atoms with Gasteiger partial charge in [0.25, 0.3) is 0 Å². The van der Waals surface area contributed by atoms with E-state index in [1.165, 1.54) is 11.0 Å². The highest BCUT2D eigenvalue weighted by Gasteiger charge is 2.17. The smallest absolute Gasteiger partial charge is 0.242 e. The van der Waals surface area contributed by atoms with Gasteiger partial charge in [0.15, 0.2) is 0 Å². The molecule has 0 radical (unpaired) electrons. The number of amides is 1. The molecule has 0 fully saturated rings. The fourth-order valence-electron chi connectivity index (χ4n) is 1.93. The van der Waals surface area contributed by atoms with Crippen LogP contribution in [0.25, 0.3) is 0 Å². The molecule has 0 spiro atoms. The number of hydrogen-bond donors (Lipinski definition) is 1. The second kappa shape index (κ2) is 6.04. The third-order valence-corrected chi connectivity index (χ3v) is 3.36. The van der Waals surface area contributed by atoms with Crippen molar-refractivity contribution in [2.75, 3.05) is 0 Å². The highest BCUT2D eigenvalue weighted by Crippen LogP contribution is 2.14. The molecule has 8 heteroatoms. The summed E-state index contributed by atoms with van der Waals surface area (Å²) in [5, 5.41) is 11.6. The molecule has 2 aromatic rings. The van der Waals surface area contributed by atoms with E-state index in [1.807, 2.05) is 6.92 Å². The van der Waals surface area contributed by atoms with Crippen LogP contribution in [0.4, 0.5) is 0 Å². The van der Waals surface area contributed by atoms with Gasteiger partial charge in [0.1, 0.15) is 18.7 Å². The lowest BCUT2D eigenvalue weighted by Crippen LogP contribution is -2.32. The van der Waals surface area contributed by atoms with Gasteiger partial charge in [0.05, 0.1) is 16.8 Å². The zero-order valence-electron chi connectivity index (χ0n) is 11.7. The Morgan fingerprint density at radius 2 is 2.30 bits per heavy atom. The predicted octanol–water partition coefficient (Wildman–Crippen LogP) is 1.24. The zero-order chi connectivity index (χ0) is 14.7. The Bertz CT molecular complexity index is 585. The molecular formula is C12H17ClN6O. The zero-order valence-corrected chi connectivity index (χ0v) is 12.4. The molecule has 1 N–H and O–H groups in total. The Labute approximate surface area is 121 Å². The summed E-state index contributed by atoms with van der Waals surface area (Å²) in [5.41, 5.74) is 0.708. The van der Waals surface area contributed by atoms with Gasteiger partial charge in [0, 0.05) is 13.2 Å². The van der Waals surface area contributed by atoms with E-state index in [9.17, 15) is 4.79 Å². The number of halogens is 1. The molecule has 1 atom stereocenters. The van der Waals surface area contributed by atoms with Crippen LogP contribution >= 0.6 is 11.6 Å². The van der Waals surface area contributed by atoms with Crippen molar-refractivity contribution >= 4 is 17.5 Å². The van der Waals surface area contributed by atoms with Gasteiger partial charge >= 0.3 is 0 Å². The second-order valence-electron chi connectivity index (χ2n) is 4.53. The summed E-state index contributed by atoms with van der Waals surface area (Å²) >= 11 is 5.91. The minimum absolute atomic E-state index is 0.127. The monoisotopic (exact) mass is 296 g/mol. The van der Waals surface area contributed by atoms with Crippen LogP contribution in [0, 0.1) is 6.92 Å². The topological polar surface area (TPSA) is 77.6 Å². The SMILES string of the molecule is CC[C@@H](NC(=O)Cn1cc(Cl)c(C)n1)c1ncnn1C. The average molecular weight is 297 g/mol. The number of rotatable bonds is 5. The number of carbonyl (C=O) groups is 1. The van der Waals surface area contributed by atoms with E-state index in [1.54, 1.807) is 24.9 Å². The van der Waals surface area contributed by atoms with Gasteiger partial charge < -0.3 is 5.32 Å². The van der Waals surface area contributed by atoms with Crippen LogP contribution in [-0.4, -0.2) is 30.5 Å². The number of hydrogen-bond acceptors (Lipinski definition) is 4. The Kier molecular flexibility index (Phi) is 4.39. The summed E-state index contributed by atoms with van der Waals surface area (Å²) in [5.74, 6) is 0.592. The lowest BCUT2D eigenvalue weighted by atomic mass is 10.2. The number of nitrogens with zero attached hydrogens (tertiary/aromatic N) is 5. The van der Waals surface area contributed by atoms with E-state index < -0.39 is 0 Å². The molecule has 7 nitrogen and oxygen atoms in total. The van der Waals surface area contributed by atoms with Crippen molar-refractivity contribution < 1.29 is 4.79 Å². The second-order valence-corrected chi connectivity index (χ2v) is 4.94. The van der Waals surface area contributed by atoms with Gasteiger partial charge in [-0.25, -0.2) is 4.98 Å². The van der Waals surface area contributed by atoms with Crippen LogP contribution in [0.3, 0.4) is 0 Å². The maximum Gasteiger partial charge on any atom is 0.242 e. The first-order chi connectivity index (χ1) is 9.51. The van der Waals surface area contributed by atoms with Crippen LogP contribution in [-0.2, 0) is 18.4 Å². The quantitative estimate of drug-likeness (QED) is 0.900. The van der Waals surface area contributed by atoms with Crippen molar-refractivity contribution in [2.45, 2.75) is 32.9 Å². The van der Waals surface area contributed by atoms with Crippen molar-refractivity contribution in [1.29, 1.82) is 0 Å². The van der Waals surface area contributed by atoms with E-state index in [2.05, 4.69) is 20.5 Å². The first-order valence-electron chi connectivity index (χ1n) is 6.34. The Hall–Kier alpha value is -1.89. The minimum Gasteiger partial charge on any atom is -0.344 e. The van der Waals surface area contributed by atoms with Gasteiger partial charge in [-0.05, 0) is 13.3 Å². The lowest BCUT2D eigenvalue weighted by Gasteiger charge is -2.15. The van der Waals surface area contributed by atoms with Crippen molar-refractivity contribution in [1.82, 2.24) is 29.9 Å². The lowest BCUT2D eigenvalue weighted by molar-refractivity contribution is -0.122. The summed E-state index contributed by atoms with van der Waals surface area (Å²) < 4.78 is 3.18. The van der Waals surface area contributed by atoms with Gasteiger partial charge in [0.2, 0.25) is 5.91 Å². The third-order valence-electron chi connectivity index (χ3n) is 2.99. The standard InChI is InChI=1S/C12H17ClN6O/c1-4-10(12-14-7-15-18(12)3)16-11(20)6-19-5-9(13)8(2)17-19/h5,7,10H,4,6H2,1-3H3,(H,16,20)/t10-/m1/s1. The largest absolute Gasteiger partial charge is 0.344 e. The maximum atomic E-state index is 12.0. The maximum absolute atomic E-state index is 12.0. The number of aromatic nitrogens is 5. The first kappa shape index (κ1) is 14.5. The molecule has 0 aliphatic heterocycles. The summed E-state index contributed by atoms with van der Waals surface area (Å²) in [7, 11) is 1.80. The molecule has 0 unspecified atom stereocenters. The van der Waals surface area contributed by atoms with Gasteiger partial charge in [-0.15, -0.1) is 0 Å². The van der Waals surface area contributed by atoms with Crippen molar-refractivity contribution in [3.8, 4) is 0 Å². The Balaban J connectivity index is 2.01. The van der Waals surface area contributed by atoms with Gasteiger partial charge in [-0.2, -0.15) is 10.2 Å². The van der Waals surface area contributed by atoms with Crippen LogP contribution < -0.4 is 5.32 Å². The summed E-state index contributed by atoms with van der Waals surface area (Å²) in [6, 6.07) is -0.165. The summed E-state index contributed by atoms with van der Waals surface area (Å²) in [4.78, 5) is 16.2. The Morgan fingerprint density at radius 3 is 2.80 bits per heavy atom. The molecule has 0 aliphatic carbocycles. The normalized spacial score (nSPS) is 12.4. The fraction of sp³-hybridized carbons (Fsp3) is 0.500. The molecule has 0 saturated heterocycles. The van der Waals surface area contributed by atoms with Gasteiger partial charge in [-0.1, -0.05) is 18.5 Å². The predicted molar refractivity (Wildman–Crippen MR) is 74.2 cm³/mol. The van der Waals surface area contributed by atoms with E-state index in [-0.39, 0.29) is 18.5 Å². The van der Waals surface area contributed by atoms with Crippen LogP contribution in [0.15, 0.2) is 12.5 Å². The molecule has 0 aromatic carbocycles. The molecule has 0 aliphatic rings. The van der Waals surface area contributed by atoms with Crippen molar-refractivity contribution in [3.63, 3.8) is 0 Å². The molecule has 2 heterocycles. The number of nitrogens with one attached hydrogen (secondary N) is 1. The summed E-state index contributed by atoms with van der Waals surface area (Å²) in [6.07, 6.45) is 3.84. The van der Waals surface area contributed by atoms with E-state index in [0.29, 0.717) is 10.7 Å². The van der Waals surface area contributed by atoms with Crippen molar-refractivity contribution in [2.24, 2.45) is 7.05 Å². The summed E-state index contributed by atoms with van der Waals surface area (Å²) in [6.45, 7) is 3.90. The minimum atomic E-state index is -0.165. The number of aryl methyl sites for hydroxylation is 2. The van der Waals surface area contributed by atoms with Crippen LogP contribution in [0.2, 0.25) is 5.02 Å². The molecule has 0 bridgehead atoms. The average Bonchev–Trinajstić information content (AvgIpc) is 2.93. The first-order valence-corrected chi connectivity index (χ1v) is 6.71. The highest BCUT2D eigenvalue weighted by atomic mass is 35.5. The molecule has 0 saturated carbocycles. The fourth-order valence-corrected chi connectivity index (χ4v) is 2.08. The molecule has 2 aromatic heterocycles. The van der Waals surface area contributed by atoms with Crippen molar-refractivity contribution in [3.05, 3.63) is 29.1 Å². The van der Waals surface area contributed by atoms with Gasteiger partial charge in [-0.3, -0.25) is 14.2 Å².